The second-order valence-corrected chi connectivity index (χ2v) is 8.58. The van der Waals surface area contributed by atoms with Gasteiger partial charge in [0.2, 0.25) is 5.43 Å². The van der Waals surface area contributed by atoms with Crippen molar-refractivity contribution in [2.75, 3.05) is 26.7 Å². The van der Waals surface area contributed by atoms with Gasteiger partial charge in [-0.1, -0.05) is 18.6 Å². The van der Waals surface area contributed by atoms with Gasteiger partial charge in [0.05, 0.1) is 18.5 Å². The van der Waals surface area contributed by atoms with Gasteiger partial charge < -0.3 is 14.6 Å². The number of nitrogens with one attached hydrogen (secondary N) is 1. The minimum Gasteiger partial charge on any atom is -0.497 e. The van der Waals surface area contributed by atoms with Gasteiger partial charge in [-0.3, -0.25) is 14.5 Å². The molecule has 3 aromatic rings. The van der Waals surface area contributed by atoms with Crippen molar-refractivity contribution in [1.82, 2.24) is 19.8 Å². The van der Waals surface area contributed by atoms with Gasteiger partial charge in [0.15, 0.2) is 0 Å². The number of hydrogen-bond donors (Lipinski definition) is 1. The third-order valence-corrected chi connectivity index (χ3v) is 6.43. The van der Waals surface area contributed by atoms with Gasteiger partial charge in [0.25, 0.3) is 5.91 Å². The number of likely N-dealkylation sites (tertiary alicyclic amines) is 1. The lowest BCUT2D eigenvalue weighted by atomic mass is 10.0. The lowest BCUT2D eigenvalue weighted by Crippen LogP contribution is -2.41. The molecule has 0 saturated carbocycles. The number of amides is 1. The van der Waals surface area contributed by atoms with Crippen molar-refractivity contribution in [3.8, 4) is 5.75 Å². The molecule has 1 aliphatic heterocycles. The Balaban J connectivity index is 1.60. The molecule has 0 radical (unpaired) electrons. The summed E-state index contributed by atoms with van der Waals surface area (Å²) in [6.07, 6.45) is 5.17. The molecule has 3 heterocycles. The Morgan fingerprint density at radius 1 is 1.12 bits per heavy atom. The quantitative estimate of drug-likeness (QED) is 0.597. The van der Waals surface area contributed by atoms with E-state index in [-0.39, 0.29) is 22.9 Å². The maximum atomic E-state index is 13.2. The summed E-state index contributed by atoms with van der Waals surface area (Å²) in [5.41, 5.74) is 2.46. The minimum atomic E-state index is -0.347. The molecule has 1 amide bonds. The Bertz CT molecular complexity index is 1180. The monoisotopic (exact) mass is 448 g/mol. The average molecular weight is 449 g/mol. The Morgan fingerprint density at radius 2 is 1.85 bits per heavy atom. The minimum absolute atomic E-state index is 0.0401. The molecule has 0 spiro atoms. The largest absolute Gasteiger partial charge is 0.497 e. The van der Waals surface area contributed by atoms with Gasteiger partial charge in [0.1, 0.15) is 17.0 Å². The van der Waals surface area contributed by atoms with E-state index in [1.165, 1.54) is 6.42 Å². The number of carbonyl (C=O) groups is 1. The van der Waals surface area contributed by atoms with Gasteiger partial charge in [-0.2, -0.15) is 0 Å². The molecule has 1 aromatic carbocycles. The van der Waals surface area contributed by atoms with Crippen molar-refractivity contribution < 1.29 is 9.53 Å². The molecule has 0 bridgehead atoms. The highest BCUT2D eigenvalue weighted by Gasteiger charge is 2.24. The number of aromatic nitrogens is 2. The van der Waals surface area contributed by atoms with Crippen LogP contribution >= 0.6 is 0 Å². The van der Waals surface area contributed by atoms with E-state index in [1.807, 2.05) is 36.6 Å². The van der Waals surface area contributed by atoms with Crippen LogP contribution in [0, 0.1) is 6.92 Å². The van der Waals surface area contributed by atoms with Crippen LogP contribution in [0.2, 0.25) is 0 Å². The number of benzene rings is 1. The lowest BCUT2D eigenvalue weighted by Gasteiger charge is -2.35. The van der Waals surface area contributed by atoms with Gasteiger partial charge >= 0.3 is 0 Å². The molecular formula is C26H32N4O3. The molecule has 0 unspecified atom stereocenters. The number of methoxy groups -OCH3 is 1. The molecule has 1 atom stereocenters. The van der Waals surface area contributed by atoms with Crippen LogP contribution in [-0.4, -0.2) is 47.1 Å². The Hall–Kier alpha value is -3.19. The van der Waals surface area contributed by atoms with Crippen LogP contribution in [-0.2, 0) is 6.54 Å². The second-order valence-electron chi connectivity index (χ2n) is 8.58. The number of ether oxygens (including phenoxy) is 1. The van der Waals surface area contributed by atoms with Gasteiger partial charge in [-0.15, -0.1) is 0 Å². The standard InChI is InChI=1S/C26H32N4O3/c1-4-29-17-22(24(31)21-13-8-18(2)28-25(21)29)26(32)27-16-23(30-14-6-5-7-15-30)19-9-11-20(33-3)12-10-19/h8-13,17,23H,4-7,14-16H2,1-3H3,(H,27,32)/t23-/m0/s1. The van der Waals surface area contributed by atoms with Crippen molar-refractivity contribution in [3.05, 3.63) is 69.6 Å². The highest BCUT2D eigenvalue weighted by atomic mass is 16.5. The molecule has 7 nitrogen and oxygen atoms in total. The van der Waals surface area contributed by atoms with E-state index in [0.717, 1.165) is 42.9 Å². The Labute approximate surface area is 194 Å². The zero-order valence-electron chi connectivity index (χ0n) is 19.6. The maximum Gasteiger partial charge on any atom is 0.256 e. The zero-order chi connectivity index (χ0) is 23.4. The predicted molar refractivity (Wildman–Crippen MR) is 130 cm³/mol. The number of carbonyl (C=O) groups excluding carboxylic acids is 1. The number of fused-ring (bicyclic) bond motifs is 1. The van der Waals surface area contributed by atoms with E-state index in [1.54, 1.807) is 19.4 Å². The van der Waals surface area contributed by atoms with Crippen LogP contribution in [0.4, 0.5) is 0 Å². The van der Waals surface area contributed by atoms with Crippen LogP contribution in [0.1, 0.15) is 53.8 Å². The van der Waals surface area contributed by atoms with Crippen LogP contribution < -0.4 is 15.5 Å². The molecule has 1 fully saturated rings. The first-order valence-electron chi connectivity index (χ1n) is 11.7. The highest BCUT2D eigenvalue weighted by molar-refractivity contribution is 5.96. The number of aryl methyl sites for hydroxylation is 2. The first kappa shape index (κ1) is 23.0. The SMILES string of the molecule is CCn1cc(C(=O)NC[C@@H](c2ccc(OC)cc2)N2CCCCC2)c(=O)c2ccc(C)nc21. The Morgan fingerprint density at radius 3 is 2.52 bits per heavy atom. The number of rotatable bonds is 7. The number of pyridine rings is 2. The molecule has 2 aromatic heterocycles. The van der Waals surface area contributed by atoms with E-state index in [9.17, 15) is 9.59 Å². The first-order chi connectivity index (χ1) is 16.0. The normalized spacial score (nSPS) is 15.4. The molecule has 0 aliphatic carbocycles. The molecule has 1 N–H and O–H groups in total. The number of piperidine rings is 1. The van der Waals surface area contributed by atoms with Crippen molar-refractivity contribution in [1.29, 1.82) is 0 Å². The summed E-state index contributed by atoms with van der Waals surface area (Å²) in [6.45, 7) is 6.92. The topological polar surface area (TPSA) is 76.5 Å². The van der Waals surface area contributed by atoms with E-state index >= 15 is 0 Å². The fourth-order valence-corrected chi connectivity index (χ4v) is 4.56. The fourth-order valence-electron chi connectivity index (χ4n) is 4.56. The van der Waals surface area contributed by atoms with Crippen molar-refractivity contribution in [3.63, 3.8) is 0 Å². The highest BCUT2D eigenvalue weighted by Crippen LogP contribution is 2.26. The molecule has 33 heavy (non-hydrogen) atoms. The fraction of sp³-hybridized carbons (Fsp3) is 0.423. The molecule has 174 valence electrons. The van der Waals surface area contributed by atoms with Crippen molar-refractivity contribution in [2.24, 2.45) is 0 Å². The van der Waals surface area contributed by atoms with Crippen LogP contribution in [0.3, 0.4) is 0 Å². The van der Waals surface area contributed by atoms with Crippen LogP contribution in [0.5, 0.6) is 5.75 Å². The van der Waals surface area contributed by atoms with Crippen LogP contribution in [0.25, 0.3) is 11.0 Å². The first-order valence-corrected chi connectivity index (χ1v) is 11.7. The molecule has 1 aliphatic rings. The van der Waals surface area contributed by atoms with Crippen molar-refractivity contribution >= 4 is 16.9 Å². The zero-order valence-corrected chi connectivity index (χ0v) is 19.6. The summed E-state index contributed by atoms with van der Waals surface area (Å²) in [5.74, 6) is 0.459. The molecular weight excluding hydrogens is 416 g/mol. The number of nitrogens with zero attached hydrogens (tertiary/aromatic N) is 3. The maximum absolute atomic E-state index is 13.2. The van der Waals surface area contributed by atoms with E-state index in [2.05, 4.69) is 27.3 Å². The van der Waals surface area contributed by atoms with E-state index in [4.69, 9.17) is 4.74 Å². The molecule has 7 heteroatoms. The summed E-state index contributed by atoms with van der Waals surface area (Å²) in [6, 6.07) is 11.6. The summed E-state index contributed by atoms with van der Waals surface area (Å²) >= 11 is 0. The predicted octanol–water partition coefficient (Wildman–Crippen LogP) is 3.69. The summed E-state index contributed by atoms with van der Waals surface area (Å²) in [4.78, 5) is 33.2. The summed E-state index contributed by atoms with van der Waals surface area (Å²) < 4.78 is 7.17. The molecule has 1 saturated heterocycles. The third kappa shape index (κ3) is 4.93. The summed E-state index contributed by atoms with van der Waals surface area (Å²) in [5, 5.41) is 3.52. The number of hydrogen-bond acceptors (Lipinski definition) is 5. The van der Waals surface area contributed by atoms with Crippen LogP contribution in [0.15, 0.2) is 47.4 Å². The smallest absolute Gasteiger partial charge is 0.256 e. The third-order valence-electron chi connectivity index (χ3n) is 6.43. The van der Waals surface area contributed by atoms with E-state index < -0.39 is 0 Å². The van der Waals surface area contributed by atoms with Gasteiger partial charge in [-0.25, -0.2) is 4.98 Å². The summed E-state index contributed by atoms with van der Waals surface area (Å²) in [7, 11) is 1.65. The second kappa shape index (κ2) is 10.2. The van der Waals surface area contributed by atoms with E-state index in [0.29, 0.717) is 24.1 Å². The average Bonchev–Trinajstić information content (AvgIpc) is 2.85. The lowest BCUT2D eigenvalue weighted by molar-refractivity contribution is 0.0923. The van der Waals surface area contributed by atoms with Crippen molar-refractivity contribution in [2.45, 2.75) is 45.7 Å². The molecule has 4 rings (SSSR count). The van der Waals surface area contributed by atoms with Gasteiger partial charge in [0, 0.05) is 25.0 Å². The Kier molecular flexibility index (Phi) is 7.08. The van der Waals surface area contributed by atoms with Gasteiger partial charge in [-0.05, 0) is 69.6 Å².